The maximum absolute atomic E-state index is 11.4. The molecule has 174 valence electrons. The summed E-state index contributed by atoms with van der Waals surface area (Å²) < 4.78 is 33.5. The second-order valence-corrected chi connectivity index (χ2v) is 10.1. The minimum absolute atomic E-state index is 0.00661. The molecule has 0 unspecified atom stereocenters. The normalized spacial score (nSPS) is 18.7. The summed E-state index contributed by atoms with van der Waals surface area (Å²) in [6, 6.07) is 12.1. The van der Waals surface area contributed by atoms with E-state index < -0.39 is 10.0 Å². The average Bonchev–Trinajstić information content (AvgIpc) is 3.22. The Morgan fingerprint density at radius 1 is 1.18 bits per heavy atom. The van der Waals surface area contributed by atoms with Gasteiger partial charge in [0, 0.05) is 36.3 Å². The number of sulfonamides is 1. The van der Waals surface area contributed by atoms with Gasteiger partial charge in [0.05, 0.1) is 24.4 Å². The second-order valence-electron chi connectivity index (χ2n) is 8.31. The molecule has 0 bridgehead atoms. The summed E-state index contributed by atoms with van der Waals surface area (Å²) in [7, 11) is -3.18. The van der Waals surface area contributed by atoms with Gasteiger partial charge in [-0.2, -0.15) is 10.2 Å². The van der Waals surface area contributed by atoms with Crippen molar-refractivity contribution < 1.29 is 13.2 Å². The molecule has 1 aliphatic carbocycles. The maximum atomic E-state index is 11.4. The minimum atomic E-state index is -3.18. The van der Waals surface area contributed by atoms with Gasteiger partial charge in [0.15, 0.2) is 0 Å². The summed E-state index contributed by atoms with van der Waals surface area (Å²) >= 11 is 0. The first kappa shape index (κ1) is 23.0. The highest BCUT2D eigenvalue weighted by Gasteiger charge is 2.23. The van der Waals surface area contributed by atoms with E-state index in [2.05, 4.69) is 21.1 Å². The number of nitrogens with zero attached hydrogens (tertiary/aromatic N) is 4. The van der Waals surface area contributed by atoms with Crippen LogP contribution in [0, 0.1) is 11.3 Å². The molecule has 33 heavy (non-hydrogen) atoms. The highest BCUT2D eigenvalue weighted by atomic mass is 32.2. The molecule has 0 spiro atoms. The van der Waals surface area contributed by atoms with Crippen LogP contribution in [0.2, 0.25) is 0 Å². The number of hydrogen-bond acceptors (Lipinski definition) is 7. The van der Waals surface area contributed by atoms with E-state index in [4.69, 9.17) is 15.0 Å². The molecule has 10 heteroatoms. The van der Waals surface area contributed by atoms with Crippen molar-refractivity contribution >= 4 is 26.9 Å². The average molecular weight is 469 g/mol. The SMILES string of the molecule is CS(=O)(=O)NC1CCC(Nc2nccc(-n3ccc4c(OCCCC#N)cccc43)n2)CC1. The largest absolute Gasteiger partial charge is 0.493 e. The van der Waals surface area contributed by atoms with Gasteiger partial charge >= 0.3 is 0 Å². The summed E-state index contributed by atoms with van der Waals surface area (Å²) in [6.07, 6.45) is 9.32. The van der Waals surface area contributed by atoms with Gasteiger partial charge in [-0.05, 0) is 56.4 Å². The quantitative estimate of drug-likeness (QED) is 0.462. The minimum Gasteiger partial charge on any atom is -0.493 e. The molecule has 0 atom stereocenters. The number of unbranched alkanes of at least 4 members (excludes halogenated alkanes) is 1. The lowest BCUT2D eigenvalue weighted by atomic mass is 9.92. The number of nitrogens with one attached hydrogen (secondary N) is 2. The van der Waals surface area contributed by atoms with E-state index in [0.29, 0.717) is 25.4 Å². The first-order valence-corrected chi connectivity index (χ1v) is 13.0. The van der Waals surface area contributed by atoms with Crippen molar-refractivity contribution in [2.45, 2.75) is 50.6 Å². The van der Waals surface area contributed by atoms with E-state index in [1.165, 1.54) is 6.26 Å². The number of aromatic nitrogens is 3. The summed E-state index contributed by atoms with van der Waals surface area (Å²) in [5, 5.41) is 13.1. The Balaban J connectivity index is 1.44. The van der Waals surface area contributed by atoms with E-state index in [-0.39, 0.29) is 12.1 Å². The summed E-state index contributed by atoms with van der Waals surface area (Å²) in [5.41, 5.74) is 0.977. The Labute approximate surface area is 193 Å². The van der Waals surface area contributed by atoms with Crippen LogP contribution in [0.15, 0.2) is 42.7 Å². The lowest BCUT2D eigenvalue weighted by molar-refractivity contribution is 0.316. The predicted molar refractivity (Wildman–Crippen MR) is 127 cm³/mol. The van der Waals surface area contributed by atoms with Gasteiger partial charge in [0.25, 0.3) is 0 Å². The van der Waals surface area contributed by atoms with Crippen molar-refractivity contribution in [1.82, 2.24) is 19.3 Å². The first-order valence-electron chi connectivity index (χ1n) is 11.1. The third-order valence-electron chi connectivity index (χ3n) is 5.71. The molecule has 2 aromatic heterocycles. The topological polar surface area (TPSA) is 122 Å². The summed E-state index contributed by atoms with van der Waals surface area (Å²) in [4.78, 5) is 9.09. The Morgan fingerprint density at radius 2 is 1.97 bits per heavy atom. The van der Waals surface area contributed by atoms with Crippen LogP contribution >= 0.6 is 0 Å². The van der Waals surface area contributed by atoms with Gasteiger partial charge in [-0.1, -0.05) is 6.07 Å². The van der Waals surface area contributed by atoms with E-state index in [1.807, 2.05) is 41.1 Å². The lowest BCUT2D eigenvalue weighted by Crippen LogP contribution is -2.39. The fourth-order valence-electron chi connectivity index (χ4n) is 4.19. The molecular formula is C23H28N6O3S. The molecule has 1 aromatic carbocycles. The summed E-state index contributed by atoms with van der Waals surface area (Å²) in [6.45, 7) is 0.501. The van der Waals surface area contributed by atoms with Crippen LogP contribution in [0.4, 0.5) is 5.95 Å². The van der Waals surface area contributed by atoms with Crippen LogP contribution in [0.5, 0.6) is 5.75 Å². The highest BCUT2D eigenvalue weighted by molar-refractivity contribution is 7.88. The molecule has 9 nitrogen and oxygen atoms in total. The van der Waals surface area contributed by atoms with Crippen molar-refractivity contribution in [3.63, 3.8) is 0 Å². The smallest absolute Gasteiger partial charge is 0.224 e. The zero-order valence-electron chi connectivity index (χ0n) is 18.6. The van der Waals surface area contributed by atoms with Crippen LogP contribution in [0.1, 0.15) is 38.5 Å². The monoisotopic (exact) mass is 468 g/mol. The maximum Gasteiger partial charge on any atom is 0.224 e. The summed E-state index contributed by atoms with van der Waals surface area (Å²) in [5.74, 6) is 2.09. The number of benzene rings is 1. The Hall–Kier alpha value is -3.16. The fraction of sp³-hybridized carbons (Fsp3) is 0.435. The number of nitriles is 1. The van der Waals surface area contributed by atoms with Gasteiger partial charge in [-0.25, -0.2) is 18.1 Å². The van der Waals surface area contributed by atoms with Crippen molar-refractivity contribution in [2.75, 3.05) is 18.2 Å². The number of ether oxygens (including phenoxy) is 1. The Kier molecular flexibility index (Phi) is 7.11. The molecular weight excluding hydrogens is 440 g/mol. The van der Waals surface area contributed by atoms with E-state index in [0.717, 1.165) is 48.2 Å². The molecule has 1 aliphatic rings. The zero-order valence-corrected chi connectivity index (χ0v) is 19.4. The second kappa shape index (κ2) is 10.2. The fourth-order valence-corrected chi connectivity index (χ4v) is 5.03. The van der Waals surface area contributed by atoms with Gasteiger partial charge in [0.2, 0.25) is 16.0 Å². The third-order valence-corrected chi connectivity index (χ3v) is 6.47. The van der Waals surface area contributed by atoms with Crippen LogP contribution in [-0.2, 0) is 10.0 Å². The highest BCUT2D eigenvalue weighted by Crippen LogP contribution is 2.29. The molecule has 4 rings (SSSR count). The number of fused-ring (bicyclic) bond motifs is 1. The molecule has 1 fully saturated rings. The molecule has 0 radical (unpaired) electrons. The van der Waals surface area contributed by atoms with Gasteiger partial charge in [-0.15, -0.1) is 0 Å². The molecule has 3 aromatic rings. The van der Waals surface area contributed by atoms with Crippen LogP contribution in [0.25, 0.3) is 16.7 Å². The van der Waals surface area contributed by atoms with Crippen LogP contribution in [0.3, 0.4) is 0 Å². The van der Waals surface area contributed by atoms with Crippen molar-refractivity contribution in [3.05, 3.63) is 42.7 Å². The van der Waals surface area contributed by atoms with E-state index in [9.17, 15) is 8.42 Å². The van der Waals surface area contributed by atoms with Gasteiger partial charge in [0.1, 0.15) is 11.6 Å². The van der Waals surface area contributed by atoms with Gasteiger partial charge < -0.3 is 14.6 Å². The number of hydrogen-bond donors (Lipinski definition) is 2. The Morgan fingerprint density at radius 3 is 2.73 bits per heavy atom. The van der Waals surface area contributed by atoms with E-state index >= 15 is 0 Å². The molecule has 2 N–H and O–H groups in total. The van der Waals surface area contributed by atoms with Gasteiger partial charge in [-0.3, -0.25) is 0 Å². The molecule has 0 saturated heterocycles. The molecule has 0 aliphatic heterocycles. The predicted octanol–water partition coefficient (Wildman–Crippen LogP) is 3.38. The van der Waals surface area contributed by atoms with Crippen molar-refractivity contribution in [3.8, 4) is 17.6 Å². The molecule has 2 heterocycles. The van der Waals surface area contributed by atoms with E-state index in [1.54, 1.807) is 6.20 Å². The third kappa shape index (κ3) is 6.00. The number of rotatable bonds is 9. The number of anilines is 1. The Bertz CT molecular complexity index is 1240. The molecule has 0 amide bonds. The standard InChI is InChI=1S/C23H28N6O3S/c1-33(30,31)28-18-9-7-17(8-10-18)26-23-25-14-11-22(27-23)29-15-12-19-20(29)5-4-6-21(19)32-16-3-2-13-24/h4-6,11-12,14-15,17-18,28H,2-3,7-10,16H2,1H3,(H,25,26,27). The zero-order chi connectivity index (χ0) is 23.3. The lowest BCUT2D eigenvalue weighted by Gasteiger charge is -2.29. The van der Waals surface area contributed by atoms with Crippen molar-refractivity contribution in [1.29, 1.82) is 5.26 Å². The first-order chi connectivity index (χ1) is 15.9. The van der Waals surface area contributed by atoms with Crippen molar-refractivity contribution in [2.24, 2.45) is 0 Å². The van der Waals surface area contributed by atoms with Crippen LogP contribution < -0.4 is 14.8 Å². The molecule has 1 saturated carbocycles. The van der Waals surface area contributed by atoms with Crippen LogP contribution in [-0.4, -0.2) is 47.9 Å².